The van der Waals surface area contributed by atoms with Crippen molar-refractivity contribution in [1.82, 2.24) is 0 Å². The Kier molecular flexibility index (Phi) is 1.46. The van der Waals surface area contributed by atoms with Gasteiger partial charge in [0, 0.05) is 11.1 Å². The summed E-state index contributed by atoms with van der Waals surface area (Å²) in [5, 5.41) is 0. The minimum atomic E-state index is -1.16. The fourth-order valence-corrected chi connectivity index (χ4v) is 1.52. The van der Waals surface area contributed by atoms with E-state index in [1.807, 2.05) is 0 Å². The van der Waals surface area contributed by atoms with Crippen molar-refractivity contribution in [2.45, 2.75) is 5.66 Å². The van der Waals surface area contributed by atoms with Gasteiger partial charge in [0.15, 0.2) is 0 Å². The van der Waals surface area contributed by atoms with Gasteiger partial charge in [-0.2, -0.15) is 9.98 Å². The van der Waals surface area contributed by atoms with E-state index in [1.54, 1.807) is 24.3 Å². The number of allylic oxidation sites excluding steroid dienone is 2. The van der Waals surface area contributed by atoms with Crippen LogP contribution in [0.2, 0.25) is 0 Å². The van der Waals surface area contributed by atoms with Crippen LogP contribution in [0, 0.1) is 0 Å². The summed E-state index contributed by atoms with van der Waals surface area (Å²) in [6.07, 6.45) is 9.88. The van der Waals surface area contributed by atoms with E-state index in [0.29, 0.717) is 11.1 Å². The minimum absolute atomic E-state index is 0.703. The van der Waals surface area contributed by atoms with Gasteiger partial charge in [0.25, 0.3) is 0 Å². The lowest BCUT2D eigenvalue weighted by atomic mass is 10.1. The molecule has 0 radical (unpaired) electrons. The molecule has 0 heterocycles. The number of hydrogen-bond donors (Lipinski definition) is 0. The fraction of sp³-hybridized carbons (Fsp3) is 0.111. The van der Waals surface area contributed by atoms with Crippen molar-refractivity contribution in [3.63, 3.8) is 0 Å². The number of hydrogen-bond acceptors (Lipinski definition) is 4. The quantitative estimate of drug-likeness (QED) is 0.456. The Morgan fingerprint density at radius 2 is 1.46 bits per heavy atom. The van der Waals surface area contributed by atoms with Crippen molar-refractivity contribution in [2.75, 3.05) is 0 Å². The first-order valence-corrected chi connectivity index (χ1v) is 3.62. The van der Waals surface area contributed by atoms with E-state index in [9.17, 15) is 9.59 Å². The summed E-state index contributed by atoms with van der Waals surface area (Å²) < 4.78 is 0. The number of carbonyl (C=O) groups excluding carboxylic acids is 2. The Labute approximate surface area is 73.7 Å². The first kappa shape index (κ1) is 7.62. The monoisotopic (exact) mass is 172 g/mol. The van der Waals surface area contributed by atoms with Gasteiger partial charge >= 0.3 is 0 Å². The van der Waals surface area contributed by atoms with E-state index in [1.165, 1.54) is 12.2 Å². The third-order valence-corrected chi connectivity index (χ3v) is 2.10. The molecule has 0 N–H and O–H groups in total. The summed E-state index contributed by atoms with van der Waals surface area (Å²) in [6, 6.07) is 0. The fourth-order valence-electron chi connectivity index (χ4n) is 1.52. The van der Waals surface area contributed by atoms with E-state index in [-0.39, 0.29) is 0 Å². The second kappa shape index (κ2) is 2.49. The lowest BCUT2D eigenvalue weighted by Gasteiger charge is -2.14. The predicted octanol–water partition coefficient (Wildman–Crippen LogP) is 0.790. The molecule has 13 heavy (non-hydrogen) atoms. The molecule has 62 valence electrons. The van der Waals surface area contributed by atoms with E-state index in [2.05, 4.69) is 9.98 Å². The molecule has 0 amide bonds. The maximum absolute atomic E-state index is 10.2. The molecule has 4 nitrogen and oxygen atoms in total. The van der Waals surface area contributed by atoms with Crippen molar-refractivity contribution in [2.24, 2.45) is 9.98 Å². The third kappa shape index (κ3) is 0.812. The summed E-state index contributed by atoms with van der Waals surface area (Å²) in [7, 11) is 0. The first-order chi connectivity index (χ1) is 6.33. The number of isocyanates is 2. The second-order valence-electron chi connectivity index (χ2n) is 2.66. The molecular formula is C9H4N2O2. The molecule has 0 unspecified atom stereocenters. The molecule has 0 saturated heterocycles. The minimum Gasteiger partial charge on any atom is -0.211 e. The lowest BCUT2D eigenvalue weighted by molar-refractivity contribution is 0.541. The number of fused-ring (bicyclic) bond motifs is 2. The summed E-state index contributed by atoms with van der Waals surface area (Å²) in [4.78, 5) is 27.5. The predicted molar refractivity (Wildman–Crippen MR) is 44.3 cm³/mol. The standard InChI is InChI=1S/C9H4N2O2/c12-5-10-9(11-6-13)7-1-2-8(9)4-3-7/h1-4H. The van der Waals surface area contributed by atoms with Crippen molar-refractivity contribution in [3.05, 3.63) is 35.5 Å². The molecule has 0 saturated carbocycles. The van der Waals surface area contributed by atoms with E-state index in [0.717, 1.165) is 0 Å². The molecule has 0 aromatic heterocycles. The molecule has 0 aliphatic heterocycles. The van der Waals surface area contributed by atoms with Gasteiger partial charge in [-0.1, -0.05) is 24.3 Å². The highest BCUT2D eigenvalue weighted by atomic mass is 16.1. The van der Waals surface area contributed by atoms with Crippen LogP contribution in [0.4, 0.5) is 0 Å². The normalized spacial score (nSPS) is 20.0. The van der Waals surface area contributed by atoms with Crippen LogP contribution in [0.3, 0.4) is 0 Å². The Hall–Kier alpha value is -2.02. The van der Waals surface area contributed by atoms with Crippen LogP contribution in [0.25, 0.3) is 0 Å². The highest BCUT2D eigenvalue weighted by molar-refractivity contribution is 5.65. The van der Waals surface area contributed by atoms with Gasteiger partial charge in [-0.05, 0) is 0 Å². The van der Waals surface area contributed by atoms with Crippen LogP contribution in [0.15, 0.2) is 45.4 Å². The molecule has 0 aromatic rings. The molecule has 2 rings (SSSR count). The topological polar surface area (TPSA) is 58.9 Å². The zero-order valence-corrected chi connectivity index (χ0v) is 6.52. The van der Waals surface area contributed by atoms with E-state index < -0.39 is 5.66 Å². The molecule has 2 aliphatic rings. The highest BCUT2D eigenvalue weighted by Crippen LogP contribution is 2.42. The smallest absolute Gasteiger partial charge is 0.211 e. The van der Waals surface area contributed by atoms with E-state index >= 15 is 0 Å². The van der Waals surface area contributed by atoms with Crippen molar-refractivity contribution < 1.29 is 9.59 Å². The van der Waals surface area contributed by atoms with Crippen LogP contribution in [-0.4, -0.2) is 17.8 Å². The molecule has 2 aliphatic carbocycles. The number of rotatable bonds is 2. The Balaban J connectivity index is 2.62. The van der Waals surface area contributed by atoms with Crippen LogP contribution >= 0.6 is 0 Å². The lowest BCUT2D eigenvalue weighted by Crippen LogP contribution is -2.21. The average Bonchev–Trinajstić information content (AvgIpc) is 2.63. The third-order valence-electron chi connectivity index (χ3n) is 2.10. The molecule has 0 fully saturated rings. The largest absolute Gasteiger partial charge is 0.238 e. The van der Waals surface area contributed by atoms with Gasteiger partial charge in [-0.3, -0.25) is 0 Å². The van der Waals surface area contributed by atoms with Crippen LogP contribution in [0.1, 0.15) is 0 Å². The Bertz CT molecular complexity index is 402. The van der Waals surface area contributed by atoms with Gasteiger partial charge in [-0.15, -0.1) is 0 Å². The summed E-state index contributed by atoms with van der Waals surface area (Å²) >= 11 is 0. The Morgan fingerprint density at radius 3 is 1.77 bits per heavy atom. The molecular weight excluding hydrogens is 168 g/mol. The zero-order chi connectivity index (χ0) is 9.31. The Morgan fingerprint density at radius 1 is 1.00 bits per heavy atom. The number of nitrogens with zero attached hydrogens (tertiary/aromatic N) is 2. The molecule has 2 bridgehead atoms. The maximum Gasteiger partial charge on any atom is 0.238 e. The molecule has 0 aromatic carbocycles. The van der Waals surface area contributed by atoms with Crippen LogP contribution in [0.5, 0.6) is 0 Å². The molecule has 4 heteroatoms. The summed E-state index contributed by atoms with van der Waals surface area (Å²) in [5.41, 5.74) is 0.243. The van der Waals surface area contributed by atoms with Crippen LogP contribution < -0.4 is 0 Å². The molecule has 0 atom stereocenters. The summed E-state index contributed by atoms with van der Waals surface area (Å²) in [5.74, 6) is 0. The van der Waals surface area contributed by atoms with Crippen LogP contribution in [-0.2, 0) is 9.59 Å². The average molecular weight is 172 g/mol. The zero-order valence-electron chi connectivity index (χ0n) is 6.52. The van der Waals surface area contributed by atoms with Crippen molar-refractivity contribution >= 4 is 12.2 Å². The van der Waals surface area contributed by atoms with Crippen molar-refractivity contribution in [1.29, 1.82) is 0 Å². The van der Waals surface area contributed by atoms with Gasteiger partial charge in [0.2, 0.25) is 17.8 Å². The van der Waals surface area contributed by atoms with Crippen molar-refractivity contribution in [3.8, 4) is 0 Å². The van der Waals surface area contributed by atoms with Gasteiger partial charge in [0.05, 0.1) is 0 Å². The first-order valence-electron chi connectivity index (χ1n) is 3.62. The summed E-state index contributed by atoms with van der Waals surface area (Å²) in [6.45, 7) is 0. The SMILES string of the molecule is O=C=NC1(N=C=O)C2=CC=C1C=C2. The van der Waals surface area contributed by atoms with Gasteiger partial charge < -0.3 is 0 Å². The van der Waals surface area contributed by atoms with Gasteiger partial charge in [0.1, 0.15) is 0 Å². The van der Waals surface area contributed by atoms with E-state index in [4.69, 9.17) is 0 Å². The maximum atomic E-state index is 10.2. The second-order valence-corrected chi connectivity index (χ2v) is 2.66. The van der Waals surface area contributed by atoms with Gasteiger partial charge in [-0.25, -0.2) is 9.59 Å². The number of aliphatic imine (C=N–C) groups is 2. The highest BCUT2D eigenvalue weighted by Gasteiger charge is 2.42. The molecule has 0 spiro atoms.